The predicted molar refractivity (Wildman–Crippen MR) is 61.7 cm³/mol. The molecule has 5 nitrogen and oxygen atoms in total. The van der Waals surface area contributed by atoms with E-state index in [9.17, 15) is 9.36 Å². The maximum absolute atomic E-state index is 12.2. The fraction of sp³-hybridized carbons (Fsp3) is 0.900. The van der Waals surface area contributed by atoms with Crippen molar-refractivity contribution in [1.82, 2.24) is 4.90 Å². The number of hydrogen-bond donors (Lipinski definition) is 0. The molecule has 0 unspecified atom stereocenters. The van der Waals surface area contributed by atoms with Gasteiger partial charge in [0.2, 0.25) is 0 Å². The van der Waals surface area contributed by atoms with Crippen LogP contribution in [0, 0.1) is 0 Å². The number of amides is 1. The van der Waals surface area contributed by atoms with Crippen LogP contribution in [0.1, 0.15) is 33.1 Å². The highest BCUT2D eigenvalue weighted by molar-refractivity contribution is 7.71. The number of piperidine rings is 1. The van der Waals surface area contributed by atoms with Crippen LogP contribution in [0.4, 0.5) is 4.79 Å². The minimum atomic E-state index is -3.59. The van der Waals surface area contributed by atoms with Gasteiger partial charge in [-0.3, -0.25) is 4.79 Å². The summed E-state index contributed by atoms with van der Waals surface area (Å²) in [5.74, 6) is 0. The number of carbonyl (C=O) groups excluding carboxylic acids is 1. The lowest BCUT2D eigenvalue weighted by molar-refractivity contribution is 0.178. The van der Waals surface area contributed by atoms with Gasteiger partial charge in [-0.2, -0.15) is 0 Å². The minimum absolute atomic E-state index is 0.219. The molecular weight excluding hydrogens is 229 g/mol. The van der Waals surface area contributed by atoms with Gasteiger partial charge in [0.15, 0.2) is 0 Å². The Bertz CT molecular complexity index is 266. The first kappa shape index (κ1) is 13.7. The van der Waals surface area contributed by atoms with E-state index in [0.29, 0.717) is 13.1 Å². The summed E-state index contributed by atoms with van der Waals surface area (Å²) >= 11 is 0. The Morgan fingerprint density at radius 2 is 1.62 bits per heavy atom. The molecule has 1 saturated heterocycles. The third-order valence-electron chi connectivity index (χ3n) is 2.46. The van der Waals surface area contributed by atoms with Crippen molar-refractivity contribution in [2.45, 2.75) is 33.1 Å². The van der Waals surface area contributed by atoms with Crippen LogP contribution in [0.15, 0.2) is 0 Å². The Morgan fingerprint density at radius 3 is 2.06 bits per heavy atom. The molecule has 1 aliphatic heterocycles. The van der Waals surface area contributed by atoms with E-state index >= 15 is 0 Å². The van der Waals surface area contributed by atoms with Crippen molar-refractivity contribution in [3.05, 3.63) is 0 Å². The first-order chi connectivity index (χ1) is 7.64. The fourth-order valence-electron chi connectivity index (χ4n) is 1.75. The second kappa shape index (κ2) is 6.38. The highest BCUT2D eigenvalue weighted by Crippen LogP contribution is 2.50. The summed E-state index contributed by atoms with van der Waals surface area (Å²) in [4.78, 5) is 13.6. The van der Waals surface area contributed by atoms with Gasteiger partial charge >= 0.3 is 13.2 Å². The van der Waals surface area contributed by atoms with Crippen molar-refractivity contribution in [3.63, 3.8) is 0 Å². The van der Waals surface area contributed by atoms with E-state index in [1.807, 2.05) is 0 Å². The van der Waals surface area contributed by atoms with Crippen LogP contribution in [0.2, 0.25) is 0 Å². The topological polar surface area (TPSA) is 55.8 Å². The van der Waals surface area contributed by atoms with Crippen LogP contribution >= 0.6 is 7.60 Å². The van der Waals surface area contributed by atoms with E-state index in [0.717, 1.165) is 19.3 Å². The molecular formula is C10H20NO4P. The number of carbonyl (C=O) groups is 1. The molecule has 1 aliphatic rings. The maximum atomic E-state index is 12.2. The molecule has 0 radical (unpaired) electrons. The Balaban J connectivity index is 2.69. The van der Waals surface area contributed by atoms with Gasteiger partial charge in [0.05, 0.1) is 13.2 Å². The first-order valence-electron chi connectivity index (χ1n) is 5.82. The Kier molecular flexibility index (Phi) is 5.46. The zero-order valence-corrected chi connectivity index (χ0v) is 10.9. The summed E-state index contributed by atoms with van der Waals surface area (Å²) in [5.41, 5.74) is -0.476. The molecule has 0 atom stereocenters. The molecule has 16 heavy (non-hydrogen) atoms. The van der Waals surface area contributed by atoms with Gasteiger partial charge in [0.1, 0.15) is 0 Å². The standard InChI is InChI=1S/C10H20NO4P/c1-3-14-16(13,15-4-2)10(12)11-8-6-5-7-9-11/h3-9H2,1-2H3. The van der Waals surface area contributed by atoms with E-state index in [4.69, 9.17) is 9.05 Å². The van der Waals surface area contributed by atoms with E-state index < -0.39 is 13.2 Å². The monoisotopic (exact) mass is 249 g/mol. The number of rotatable bonds is 5. The molecule has 94 valence electrons. The second-order valence-electron chi connectivity index (χ2n) is 3.66. The van der Waals surface area contributed by atoms with Gasteiger partial charge < -0.3 is 13.9 Å². The summed E-state index contributed by atoms with van der Waals surface area (Å²) in [6.45, 7) is 5.16. The van der Waals surface area contributed by atoms with Crippen LogP contribution in [-0.2, 0) is 13.6 Å². The van der Waals surface area contributed by atoms with Gasteiger partial charge in [-0.05, 0) is 33.1 Å². The zero-order valence-electron chi connectivity index (χ0n) is 9.98. The third-order valence-corrected chi connectivity index (χ3v) is 4.41. The fourth-order valence-corrected chi connectivity index (χ4v) is 3.27. The van der Waals surface area contributed by atoms with Gasteiger partial charge in [-0.1, -0.05) is 0 Å². The molecule has 0 aromatic heterocycles. The molecule has 1 rings (SSSR count). The van der Waals surface area contributed by atoms with Crippen molar-refractivity contribution >= 4 is 13.2 Å². The summed E-state index contributed by atoms with van der Waals surface area (Å²) in [6.07, 6.45) is 3.05. The van der Waals surface area contributed by atoms with Crippen molar-refractivity contribution in [2.24, 2.45) is 0 Å². The molecule has 6 heteroatoms. The Morgan fingerprint density at radius 1 is 1.12 bits per heavy atom. The van der Waals surface area contributed by atoms with Gasteiger partial charge in [-0.25, -0.2) is 4.57 Å². The molecule has 0 N–H and O–H groups in total. The molecule has 1 heterocycles. The molecule has 0 aromatic carbocycles. The van der Waals surface area contributed by atoms with Crippen molar-refractivity contribution < 1.29 is 18.4 Å². The first-order valence-corrected chi connectivity index (χ1v) is 7.37. The Hall–Kier alpha value is -0.380. The van der Waals surface area contributed by atoms with Crippen LogP contribution in [0.25, 0.3) is 0 Å². The Labute approximate surface area is 96.6 Å². The molecule has 0 bridgehead atoms. The molecule has 0 spiro atoms. The zero-order chi connectivity index (χ0) is 12.0. The van der Waals surface area contributed by atoms with Crippen LogP contribution < -0.4 is 0 Å². The average molecular weight is 249 g/mol. The average Bonchev–Trinajstić information content (AvgIpc) is 2.30. The highest BCUT2D eigenvalue weighted by Gasteiger charge is 2.38. The number of likely N-dealkylation sites (tertiary alicyclic amines) is 1. The van der Waals surface area contributed by atoms with E-state index in [1.54, 1.807) is 18.7 Å². The molecule has 1 fully saturated rings. The largest absolute Gasteiger partial charge is 0.418 e. The lowest BCUT2D eigenvalue weighted by Crippen LogP contribution is -2.35. The van der Waals surface area contributed by atoms with E-state index in [2.05, 4.69) is 0 Å². The lowest BCUT2D eigenvalue weighted by atomic mass is 10.1. The second-order valence-corrected chi connectivity index (χ2v) is 5.56. The highest BCUT2D eigenvalue weighted by atomic mass is 31.2. The molecule has 0 aliphatic carbocycles. The minimum Gasteiger partial charge on any atom is -0.332 e. The van der Waals surface area contributed by atoms with Crippen LogP contribution in [0.3, 0.4) is 0 Å². The smallest absolute Gasteiger partial charge is 0.332 e. The molecule has 0 aromatic rings. The predicted octanol–water partition coefficient (Wildman–Crippen LogP) is 2.86. The molecule has 0 saturated carbocycles. The van der Waals surface area contributed by atoms with Crippen molar-refractivity contribution in [2.75, 3.05) is 26.3 Å². The quantitative estimate of drug-likeness (QED) is 0.703. The van der Waals surface area contributed by atoms with Crippen molar-refractivity contribution in [1.29, 1.82) is 0 Å². The van der Waals surface area contributed by atoms with Crippen LogP contribution in [-0.4, -0.2) is 36.9 Å². The normalized spacial score (nSPS) is 17.5. The maximum Gasteiger partial charge on any atom is 0.418 e. The van der Waals surface area contributed by atoms with Gasteiger partial charge in [-0.15, -0.1) is 0 Å². The number of hydrogen-bond acceptors (Lipinski definition) is 4. The summed E-state index contributed by atoms with van der Waals surface area (Å²) in [7, 11) is -3.59. The summed E-state index contributed by atoms with van der Waals surface area (Å²) in [6, 6.07) is 0. The lowest BCUT2D eigenvalue weighted by Gasteiger charge is -2.29. The summed E-state index contributed by atoms with van der Waals surface area (Å²) < 4.78 is 22.2. The van der Waals surface area contributed by atoms with Gasteiger partial charge in [0, 0.05) is 13.1 Å². The summed E-state index contributed by atoms with van der Waals surface area (Å²) in [5, 5.41) is 0. The van der Waals surface area contributed by atoms with Crippen molar-refractivity contribution in [3.8, 4) is 0 Å². The third kappa shape index (κ3) is 3.30. The van der Waals surface area contributed by atoms with Gasteiger partial charge in [0.25, 0.3) is 0 Å². The van der Waals surface area contributed by atoms with E-state index in [1.165, 1.54) is 0 Å². The molecule has 1 amide bonds. The van der Waals surface area contributed by atoms with E-state index in [-0.39, 0.29) is 13.2 Å². The SMILES string of the molecule is CCOP(=O)(OCC)C(=O)N1CCCCC1. The van der Waals surface area contributed by atoms with Crippen LogP contribution in [0.5, 0.6) is 0 Å². The number of nitrogens with zero attached hydrogens (tertiary/aromatic N) is 1.